The Morgan fingerprint density at radius 3 is 2.80 bits per heavy atom. The number of amides is 3. The highest BCUT2D eigenvalue weighted by Crippen LogP contribution is 2.38. The van der Waals surface area contributed by atoms with E-state index >= 15 is 0 Å². The number of nitrogens with zero attached hydrogens (tertiary/aromatic N) is 1. The first-order valence-corrected chi connectivity index (χ1v) is 9.23. The molecule has 156 valence electrons. The second-order valence-electron chi connectivity index (χ2n) is 7.03. The van der Waals surface area contributed by atoms with Gasteiger partial charge in [-0.25, -0.2) is 4.79 Å². The molecule has 6 nitrogen and oxygen atoms in total. The summed E-state index contributed by atoms with van der Waals surface area (Å²) in [4.78, 5) is 25.8. The number of ether oxygens (including phenoxy) is 1. The molecule has 0 bridgehead atoms. The van der Waals surface area contributed by atoms with E-state index in [1.807, 2.05) is 6.07 Å². The molecule has 0 aromatic heterocycles. The van der Waals surface area contributed by atoms with Crippen molar-refractivity contribution in [3.05, 3.63) is 59.2 Å². The summed E-state index contributed by atoms with van der Waals surface area (Å²) in [5.74, 6) is -0.308. The average molecular weight is 417 g/mol. The molecule has 0 saturated carbocycles. The van der Waals surface area contributed by atoms with Crippen LogP contribution in [0.25, 0.3) is 5.57 Å². The number of halogens is 3. The van der Waals surface area contributed by atoms with Crippen molar-refractivity contribution in [3.8, 4) is 5.75 Å². The monoisotopic (exact) mass is 417 g/mol. The molecular weight excluding hydrogens is 399 g/mol. The second-order valence-corrected chi connectivity index (χ2v) is 7.03. The van der Waals surface area contributed by atoms with Crippen molar-refractivity contribution >= 4 is 28.9 Å². The number of carbonyl (C=O) groups excluding carboxylic acids is 2. The first-order chi connectivity index (χ1) is 14.2. The van der Waals surface area contributed by atoms with E-state index in [9.17, 15) is 22.8 Å². The second kappa shape index (κ2) is 7.40. The van der Waals surface area contributed by atoms with Crippen LogP contribution in [0.15, 0.2) is 42.5 Å². The van der Waals surface area contributed by atoms with Crippen LogP contribution >= 0.6 is 0 Å². The highest BCUT2D eigenvalue weighted by atomic mass is 19.4. The molecular formula is C21H18F3N3O3. The molecule has 0 atom stereocenters. The van der Waals surface area contributed by atoms with E-state index in [4.69, 9.17) is 4.74 Å². The summed E-state index contributed by atoms with van der Waals surface area (Å²) in [7, 11) is 1.63. The molecule has 2 aliphatic heterocycles. The molecule has 0 spiro atoms. The Kier molecular flexibility index (Phi) is 4.89. The lowest BCUT2D eigenvalue weighted by atomic mass is 9.97. The number of benzene rings is 2. The topological polar surface area (TPSA) is 70.7 Å². The van der Waals surface area contributed by atoms with Gasteiger partial charge in [0.05, 0.1) is 17.9 Å². The number of alkyl halides is 3. The number of anilines is 2. The van der Waals surface area contributed by atoms with E-state index in [2.05, 4.69) is 10.6 Å². The quantitative estimate of drug-likeness (QED) is 0.721. The molecule has 0 aliphatic carbocycles. The predicted molar refractivity (Wildman–Crippen MR) is 105 cm³/mol. The predicted octanol–water partition coefficient (Wildman–Crippen LogP) is 4.17. The van der Waals surface area contributed by atoms with Crippen LogP contribution in [0.5, 0.6) is 5.75 Å². The third-order valence-corrected chi connectivity index (χ3v) is 5.04. The average Bonchev–Trinajstić information content (AvgIpc) is 2.70. The summed E-state index contributed by atoms with van der Waals surface area (Å²) in [6, 6.07) is 8.27. The number of hydrogen-bond acceptors (Lipinski definition) is 3. The number of nitrogens with one attached hydrogen (secondary N) is 2. The van der Waals surface area contributed by atoms with Gasteiger partial charge in [-0.2, -0.15) is 13.2 Å². The molecule has 2 aromatic carbocycles. The van der Waals surface area contributed by atoms with Crippen LogP contribution in [0.4, 0.5) is 29.3 Å². The summed E-state index contributed by atoms with van der Waals surface area (Å²) in [5.41, 5.74) is 2.39. The standard InChI is InChI=1S/C21H18F3N3O3/c1-27-17-10-15(4-2-13(17)11-25-20(27)29)26-19(28)8-12-6-7-30-18-9-14(21(22,23)24)3-5-16(12)18/h2-5,8-10H,6-7,11H2,1H3,(H,25,29)(H,26,28). The largest absolute Gasteiger partial charge is 0.493 e. The van der Waals surface area contributed by atoms with E-state index in [1.54, 1.807) is 19.2 Å². The van der Waals surface area contributed by atoms with Crippen molar-refractivity contribution in [1.82, 2.24) is 5.32 Å². The van der Waals surface area contributed by atoms with Crippen molar-refractivity contribution in [2.75, 3.05) is 23.9 Å². The van der Waals surface area contributed by atoms with Crippen molar-refractivity contribution in [1.29, 1.82) is 0 Å². The third kappa shape index (κ3) is 3.83. The fraction of sp³-hybridized carbons (Fsp3) is 0.238. The van der Waals surface area contributed by atoms with E-state index < -0.39 is 17.6 Å². The maximum Gasteiger partial charge on any atom is 0.416 e. The Balaban J connectivity index is 1.56. The maximum absolute atomic E-state index is 12.9. The van der Waals surface area contributed by atoms with Crippen molar-refractivity contribution < 1.29 is 27.5 Å². The van der Waals surface area contributed by atoms with Gasteiger partial charge in [-0.1, -0.05) is 12.1 Å². The summed E-state index contributed by atoms with van der Waals surface area (Å²) in [5, 5.41) is 5.48. The highest BCUT2D eigenvalue weighted by Gasteiger charge is 2.32. The van der Waals surface area contributed by atoms with Crippen LogP contribution in [0.3, 0.4) is 0 Å². The lowest BCUT2D eigenvalue weighted by Crippen LogP contribution is -2.41. The van der Waals surface area contributed by atoms with Gasteiger partial charge in [0.25, 0.3) is 0 Å². The number of hydrogen-bond donors (Lipinski definition) is 2. The van der Waals surface area contributed by atoms with Gasteiger partial charge >= 0.3 is 12.2 Å². The Hall–Kier alpha value is -3.49. The lowest BCUT2D eigenvalue weighted by molar-refractivity contribution is -0.137. The van der Waals surface area contributed by atoms with Gasteiger partial charge in [0.2, 0.25) is 5.91 Å². The van der Waals surface area contributed by atoms with Crippen LogP contribution in [-0.2, 0) is 17.5 Å². The highest BCUT2D eigenvalue weighted by molar-refractivity contribution is 6.05. The number of urea groups is 1. The summed E-state index contributed by atoms with van der Waals surface area (Å²) >= 11 is 0. The van der Waals surface area contributed by atoms with Gasteiger partial charge < -0.3 is 15.4 Å². The Bertz CT molecular complexity index is 1060. The van der Waals surface area contributed by atoms with Gasteiger partial charge in [-0.05, 0) is 35.4 Å². The van der Waals surface area contributed by atoms with Gasteiger partial charge in [0.1, 0.15) is 5.75 Å². The zero-order valence-electron chi connectivity index (χ0n) is 16.0. The zero-order valence-corrected chi connectivity index (χ0v) is 16.0. The fourth-order valence-corrected chi connectivity index (χ4v) is 3.48. The first-order valence-electron chi connectivity index (χ1n) is 9.23. The normalized spacial score (nSPS) is 17.0. The first kappa shape index (κ1) is 19.8. The van der Waals surface area contributed by atoms with Crippen molar-refractivity contribution in [2.45, 2.75) is 19.1 Å². The molecule has 2 aliphatic rings. The van der Waals surface area contributed by atoms with Crippen molar-refractivity contribution in [3.63, 3.8) is 0 Å². The summed E-state index contributed by atoms with van der Waals surface area (Å²) in [6.07, 6.45) is -2.70. The fourth-order valence-electron chi connectivity index (χ4n) is 3.48. The molecule has 4 rings (SSSR count). The smallest absolute Gasteiger partial charge is 0.416 e. The van der Waals surface area contributed by atoms with Gasteiger partial charge in [0.15, 0.2) is 0 Å². The molecule has 2 N–H and O–H groups in total. The Labute approximate surface area is 170 Å². The summed E-state index contributed by atoms with van der Waals surface area (Å²) < 4.78 is 44.1. The number of rotatable bonds is 2. The van der Waals surface area contributed by atoms with E-state index in [0.29, 0.717) is 35.5 Å². The maximum atomic E-state index is 12.9. The lowest BCUT2D eigenvalue weighted by Gasteiger charge is -2.27. The number of carbonyl (C=O) groups is 2. The molecule has 0 fully saturated rings. The molecule has 9 heteroatoms. The molecule has 30 heavy (non-hydrogen) atoms. The Morgan fingerprint density at radius 2 is 2.03 bits per heavy atom. The van der Waals surface area contributed by atoms with Crippen molar-refractivity contribution in [2.24, 2.45) is 0 Å². The third-order valence-electron chi connectivity index (χ3n) is 5.04. The minimum Gasteiger partial charge on any atom is -0.493 e. The van der Waals surface area contributed by atoms with E-state index in [-0.39, 0.29) is 18.4 Å². The van der Waals surface area contributed by atoms with E-state index in [0.717, 1.165) is 17.7 Å². The minimum absolute atomic E-state index is 0.108. The van der Waals surface area contributed by atoms with E-state index in [1.165, 1.54) is 17.0 Å². The summed E-state index contributed by atoms with van der Waals surface area (Å²) in [6.45, 7) is 0.597. The zero-order chi connectivity index (χ0) is 21.5. The van der Waals surface area contributed by atoms with Crippen LogP contribution in [-0.4, -0.2) is 25.6 Å². The molecule has 2 heterocycles. The SMILES string of the molecule is CN1C(=O)NCc2ccc(NC(=O)C=C3CCOc4cc(C(F)(F)F)ccc43)cc21. The van der Waals surface area contributed by atoms with Crippen LogP contribution < -0.4 is 20.3 Å². The Morgan fingerprint density at radius 1 is 1.23 bits per heavy atom. The van der Waals surface area contributed by atoms with Gasteiger partial charge in [-0.3, -0.25) is 9.69 Å². The minimum atomic E-state index is -4.46. The van der Waals surface area contributed by atoms with Gasteiger partial charge in [-0.15, -0.1) is 0 Å². The molecule has 2 aromatic rings. The number of fused-ring (bicyclic) bond motifs is 2. The van der Waals surface area contributed by atoms with Crippen LogP contribution in [0.2, 0.25) is 0 Å². The van der Waals surface area contributed by atoms with Gasteiger partial charge in [0, 0.05) is 37.3 Å². The van der Waals surface area contributed by atoms with Crippen LogP contribution in [0, 0.1) is 0 Å². The molecule has 0 radical (unpaired) electrons. The van der Waals surface area contributed by atoms with Crippen LogP contribution in [0.1, 0.15) is 23.1 Å². The molecule has 0 saturated heterocycles. The molecule has 0 unspecified atom stereocenters. The molecule has 3 amide bonds.